The number of hydrogen-bond acceptors (Lipinski definition) is 2. The van der Waals surface area contributed by atoms with Crippen LogP contribution in [0.1, 0.15) is 63.4 Å². The Morgan fingerprint density at radius 3 is 2.39 bits per heavy atom. The Balaban J connectivity index is 1.77. The van der Waals surface area contributed by atoms with Crippen LogP contribution in [-0.2, 0) is 16.0 Å². The number of carbonyl (C=O) groups excluding carboxylic acids is 1. The molecule has 1 aromatic carbocycles. The minimum absolute atomic E-state index is 0.254. The summed E-state index contributed by atoms with van der Waals surface area (Å²) in [6.07, 6.45) is 8.41. The zero-order chi connectivity index (χ0) is 16.5. The molecule has 0 bridgehead atoms. The van der Waals surface area contributed by atoms with E-state index in [1.165, 1.54) is 11.1 Å². The van der Waals surface area contributed by atoms with Crippen molar-refractivity contribution in [3.8, 4) is 0 Å². The average Bonchev–Trinajstić information content (AvgIpc) is 2.90. The zero-order valence-corrected chi connectivity index (χ0v) is 13.7. The third-order valence-electron chi connectivity index (χ3n) is 4.54. The number of aliphatic carboxylic acids is 1. The molecule has 0 fully saturated rings. The van der Waals surface area contributed by atoms with Gasteiger partial charge < -0.3 is 5.11 Å². The van der Waals surface area contributed by atoms with Crippen molar-refractivity contribution in [2.24, 2.45) is 0 Å². The van der Waals surface area contributed by atoms with E-state index in [4.69, 9.17) is 5.11 Å². The number of benzene rings is 1. The summed E-state index contributed by atoms with van der Waals surface area (Å²) in [5.41, 5.74) is 3.75. The lowest BCUT2D eigenvalue weighted by Gasteiger charge is -2.07. The van der Waals surface area contributed by atoms with E-state index in [1.807, 2.05) is 6.07 Å². The first-order valence-electron chi connectivity index (χ1n) is 8.66. The van der Waals surface area contributed by atoms with Gasteiger partial charge in [-0.05, 0) is 49.7 Å². The van der Waals surface area contributed by atoms with Gasteiger partial charge in [-0.1, -0.05) is 48.7 Å². The molecule has 124 valence electrons. The van der Waals surface area contributed by atoms with Crippen molar-refractivity contribution in [3.63, 3.8) is 0 Å². The lowest BCUT2D eigenvalue weighted by molar-refractivity contribution is -0.137. The van der Waals surface area contributed by atoms with Crippen molar-refractivity contribution in [3.05, 3.63) is 47.0 Å². The fraction of sp³-hybridized carbons (Fsp3) is 0.500. The molecule has 0 atom stereocenters. The predicted molar refractivity (Wildman–Crippen MR) is 91.4 cm³/mol. The van der Waals surface area contributed by atoms with Crippen LogP contribution in [0, 0.1) is 0 Å². The van der Waals surface area contributed by atoms with E-state index >= 15 is 0 Å². The van der Waals surface area contributed by atoms with E-state index in [0.717, 1.165) is 56.9 Å². The summed E-state index contributed by atoms with van der Waals surface area (Å²) in [7, 11) is 0. The van der Waals surface area contributed by atoms with Gasteiger partial charge in [0.2, 0.25) is 0 Å². The Morgan fingerprint density at radius 2 is 1.65 bits per heavy atom. The first-order valence-corrected chi connectivity index (χ1v) is 8.66. The molecule has 0 heterocycles. The van der Waals surface area contributed by atoms with Crippen molar-refractivity contribution in [2.45, 2.75) is 64.2 Å². The second-order valence-electron chi connectivity index (χ2n) is 6.30. The van der Waals surface area contributed by atoms with Gasteiger partial charge in [0.05, 0.1) is 0 Å². The van der Waals surface area contributed by atoms with Crippen LogP contribution in [0.15, 0.2) is 41.5 Å². The quantitative estimate of drug-likeness (QED) is 0.637. The fourth-order valence-corrected chi connectivity index (χ4v) is 3.23. The number of unbranched alkanes of at least 4 members (excludes halogenated alkanes) is 3. The molecule has 1 aromatic rings. The molecular weight excluding hydrogens is 288 g/mol. The number of rotatable bonds is 10. The topological polar surface area (TPSA) is 54.4 Å². The molecule has 1 N–H and O–H groups in total. The van der Waals surface area contributed by atoms with Crippen LogP contribution in [0.4, 0.5) is 0 Å². The molecular formula is C20H26O3. The Kier molecular flexibility index (Phi) is 7.05. The maximum Gasteiger partial charge on any atom is 0.303 e. The summed E-state index contributed by atoms with van der Waals surface area (Å²) in [6, 6.07) is 10.4. The molecule has 0 aromatic heterocycles. The van der Waals surface area contributed by atoms with E-state index in [0.29, 0.717) is 12.2 Å². The number of Topliss-reactive ketones (excluding diaryl/α,β-unsaturated/α-hetero) is 1. The first-order chi connectivity index (χ1) is 11.2. The average molecular weight is 314 g/mol. The molecule has 0 amide bonds. The molecule has 0 saturated heterocycles. The largest absolute Gasteiger partial charge is 0.481 e. The number of carbonyl (C=O) groups is 2. The molecule has 23 heavy (non-hydrogen) atoms. The third kappa shape index (κ3) is 6.01. The van der Waals surface area contributed by atoms with E-state index in [-0.39, 0.29) is 6.42 Å². The van der Waals surface area contributed by atoms with Gasteiger partial charge in [0.25, 0.3) is 0 Å². The summed E-state index contributed by atoms with van der Waals surface area (Å²) in [4.78, 5) is 22.5. The van der Waals surface area contributed by atoms with Crippen LogP contribution < -0.4 is 0 Å². The van der Waals surface area contributed by atoms with Crippen LogP contribution in [0.2, 0.25) is 0 Å². The number of aryl methyl sites for hydroxylation is 1. The van der Waals surface area contributed by atoms with Crippen molar-refractivity contribution in [1.82, 2.24) is 0 Å². The molecule has 1 aliphatic rings. The smallest absolute Gasteiger partial charge is 0.303 e. The number of carboxylic acid groups (broad SMARTS) is 1. The Morgan fingerprint density at radius 1 is 0.913 bits per heavy atom. The first kappa shape index (κ1) is 17.5. The summed E-state index contributed by atoms with van der Waals surface area (Å²) in [6.45, 7) is 0. The van der Waals surface area contributed by atoms with Crippen LogP contribution in [0.5, 0.6) is 0 Å². The van der Waals surface area contributed by atoms with Gasteiger partial charge in [-0.2, -0.15) is 0 Å². The lowest BCUT2D eigenvalue weighted by Crippen LogP contribution is -1.98. The van der Waals surface area contributed by atoms with Gasteiger partial charge in [-0.3, -0.25) is 9.59 Å². The molecule has 3 nitrogen and oxygen atoms in total. The standard InChI is InChI=1S/C20H26O3/c21-19-15-14-17(13-12-16-8-4-3-5-9-16)18(19)10-6-1-2-7-11-20(22)23/h3-5,8-9H,1-2,6-7,10-15H2,(H,22,23). The van der Waals surface area contributed by atoms with Crippen LogP contribution in [-0.4, -0.2) is 16.9 Å². The molecule has 0 radical (unpaired) electrons. The summed E-state index contributed by atoms with van der Waals surface area (Å²) >= 11 is 0. The SMILES string of the molecule is O=C(O)CCCCCCC1=C(CCc2ccccc2)CCC1=O. The monoisotopic (exact) mass is 314 g/mol. The molecule has 0 saturated carbocycles. The van der Waals surface area contributed by atoms with E-state index in [9.17, 15) is 9.59 Å². The van der Waals surface area contributed by atoms with Crippen molar-refractivity contribution >= 4 is 11.8 Å². The number of allylic oxidation sites excluding steroid dienone is 2. The Bertz CT molecular complexity index is 558. The fourth-order valence-electron chi connectivity index (χ4n) is 3.23. The normalized spacial score (nSPS) is 14.5. The second kappa shape index (κ2) is 9.29. The van der Waals surface area contributed by atoms with Gasteiger partial charge in [0, 0.05) is 12.8 Å². The Hall–Kier alpha value is -1.90. The summed E-state index contributed by atoms with van der Waals surface area (Å²) in [5, 5.41) is 8.61. The highest BCUT2D eigenvalue weighted by atomic mass is 16.4. The van der Waals surface area contributed by atoms with Crippen molar-refractivity contribution < 1.29 is 14.7 Å². The minimum atomic E-state index is -0.720. The zero-order valence-electron chi connectivity index (χ0n) is 13.7. The van der Waals surface area contributed by atoms with Gasteiger partial charge in [0.15, 0.2) is 5.78 Å². The van der Waals surface area contributed by atoms with Crippen LogP contribution in [0.3, 0.4) is 0 Å². The van der Waals surface area contributed by atoms with Crippen molar-refractivity contribution in [1.29, 1.82) is 0 Å². The maximum absolute atomic E-state index is 12.1. The second-order valence-corrected chi connectivity index (χ2v) is 6.30. The molecule has 0 unspecified atom stereocenters. The molecule has 0 aliphatic heterocycles. The third-order valence-corrected chi connectivity index (χ3v) is 4.54. The Labute approximate surface area is 138 Å². The number of ketones is 1. The number of carboxylic acids is 1. The molecule has 2 rings (SSSR count). The van der Waals surface area contributed by atoms with Crippen LogP contribution >= 0.6 is 0 Å². The van der Waals surface area contributed by atoms with Crippen LogP contribution in [0.25, 0.3) is 0 Å². The molecule has 0 spiro atoms. The van der Waals surface area contributed by atoms with Gasteiger partial charge in [0.1, 0.15) is 0 Å². The maximum atomic E-state index is 12.1. The summed E-state index contributed by atoms with van der Waals surface area (Å²) in [5.74, 6) is -0.388. The number of hydrogen-bond donors (Lipinski definition) is 1. The minimum Gasteiger partial charge on any atom is -0.481 e. The van der Waals surface area contributed by atoms with E-state index < -0.39 is 5.97 Å². The van der Waals surface area contributed by atoms with Gasteiger partial charge >= 0.3 is 5.97 Å². The van der Waals surface area contributed by atoms with Gasteiger partial charge in [-0.15, -0.1) is 0 Å². The van der Waals surface area contributed by atoms with Crippen molar-refractivity contribution in [2.75, 3.05) is 0 Å². The molecule has 3 heteroatoms. The summed E-state index contributed by atoms with van der Waals surface area (Å²) < 4.78 is 0. The van der Waals surface area contributed by atoms with Gasteiger partial charge in [-0.25, -0.2) is 0 Å². The highest BCUT2D eigenvalue weighted by Gasteiger charge is 2.21. The predicted octanol–water partition coefficient (Wildman–Crippen LogP) is 4.70. The van der Waals surface area contributed by atoms with E-state index in [1.54, 1.807) is 0 Å². The highest BCUT2D eigenvalue weighted by Crippen LogP contribution is 2.30. The lowest BCUT2D eigenvalue weighted by atomic mass is 9.98. The van der Waals surface area contributed by atoms with E-state index in [2.05, 4.69) is 24.3 Å². The molecule has 1 aliphatic carbocycles. The highest BCUT2D eigenvalue weighted by molar-refractivity contribution is 5.98.